The van der Waals surface area contributed by atoms with E-state index in [1.54, 1.807) is 42.6 Å². The zero-order valence-corrected chi connectivity index (χ0v) is 20.8. The quantitative estimate of drug-likeness (QED) is 0.294. The van der Waals surface area contributed by atoms with Gasteiger partial charge in [0.1, 0.15) is 17.6 Å². The second kappa shape index (κ2) is 11.0. The number of imidazole rings is 1. The Morgan fingerprint density at radius 1 is 1.08 bits per heavy atom. The maximum absolute atomic E-state index is 16.0. The van der Waals surface area contributed by atoms with Crippen LogP contribution in [0, 0.1) is 17.1 Å². The van der Waals surface area contributed by atoms with E-state index in [4.69, 9.17) is 14.5 Å². The Morgan fingerprint density at radius 2 is 1.81 bits per heavy atom. The Bertz CT molecular complexity index is 1360. The first-order valence-electron chi connectivity index (χ1n) is 11.9. The van der Waals surface area contributed by atoms with Crippen LogP contribution in [-0.4, -0.2) is 22.3 Å². The van der Waals surface area contributed by atoms with E-state index in [2.05, 4.69) is 11.4 Å². The van der Waals surface area contributed by atoms with Crippen LogP contribution >= 0.6 is 0 Å². The molecule has 0 aliphatic rings. The molecule has 0 fully saturated rings. The van der Waals surface area contributed by atoms with Gasteiger partial charge in [-0.25, -0.2) is 9.37 Å². The van der Waals surface area contributed by atoms with Crippen LogP contribution in [0.25, 0.3) is 11.3 Å². The lowest BCUT2D eigenvalue weighted by molar-refractivity contribution is 0.228. The largest absolute Gasteiger partial charge is 0.494 e. The summed E-state index contributed by atoms with van der Waals surface area (Å²) in [7, 11) is 1.91. The molecule has 4 aromatic rings. The molecule has 7 heteroatoms. The molecule has 4 rings (SSSR count). The van der Waals surface area contributed by atoms with Crippen molar-refractivity contribution in [2.24, 2.45) is 7.05 Å². The minimum atomic E-state index is -0.671. The molecule has 6 nitrogen and oxygen atoms in total. The fraction of sp³-hybridized carbons (Fsp3) is 0.241. The molecule has 36 heavy (non-hydrogen) atoms. The Hall–Kier alpha value is -4.31. The first kappa shape index (κ1) is 24.8. The monoisotopic (exact) mass is 484 g/mol. The van der Waals surface area contributed by atoms with Crippen LogP contribution in [0.3, 0.4) is 0 Å². The van der Waals surface area contributed by atoms with Gasteiger partial charge in [0.2, 0.25) is 0 Å². The molecular formula is C29H29FN4O2. The Kier molecular flexibility index (Phi) is 7.55. The molecule has 0 aliphatic heterocycles. The van der Waals surface area contributed by atoms with Gasteiger partial charge in [0.25, 0.3) is 0 Å². The predicted octanol–water partition coefficient (Wildman–Crippen LogP) is 6.49. The van der Waals surface area contributed by atoms with Crippen LogP contribution in [0.4, 0.5) is 10.1 Å². The molecule has 1 heterocycles. The van der Waals surface area contributed by atoms with Crippen LogP contribution < -0.4 is 14.8 Å². The number of nitrogens with zero attached hydrogens (tertiary/aromatic N) is 3. The Labute approximate surface area is 210 Å². The van der Waals surface area contributed by atoms with Gasteiger partial charge in [-0.1, -0.05) is 30.3 Å². The van der Waals surface area contributed by atoms with Gasteiger partial charge in [-0.2, -0.15) is 5.26 Å². The highest BCUT2D eigenvalue weighted by molar-refractivity contribution is 5.60. The van der Waals surface area contributed by atoms with Crippen molar-refractivity contribution in [1.29, 1.82) is 5.26 Å². The van der Waals surface area contributed by atoms with Crippen molar-refractivity contribution in [3.05, 3.63) is 95.7 Å². The van der Waals surface area contributed by atoms with E-state index in [0.717, 1.165) is 16.9 Å². The van der Waals surface area contributed by atoms with Crippen LogP contribution in [0.5, 0.6) is 11.5 Å². The molecule has 0 amide bonds. The fourth-order valence-corrected chi connectivity index (χ4v) is 4.05. The van der Waals surface area contributed by atoms with Gasteiger partial charge in [-0.15, -0.1) is 0 Å². The van der Waals surface area contributed by atoms with Gasteiger partial charge >= 0.3 is 0 Å². The van der Waals surface area contributed by atoms with Gasteiger partial charge in [0.05, 0.1) is 36.2 Å². The standard InChI is InChI=1S/C29H29FN4O2/c1-5-35-23-15-24(27(30)26(16-23)36-19(2)3)28(33-22-13-11-20(17-31)12-14-22)29-32-18-25(34(29)4)21-9-7-6-8-10-21/h6-16,18-19,28,33H,5H2,1-4H3. The highest BCUT2D eigenvalue weighted by atomic mass is 19.1. The third-order valence-corrected chi connectivity index (χ3v) is 5.70. The molecule has 0 radical (unpaired) electrons. The zero-order valence-electron chi connectivity index (χ0n) is 20.8. The minimum absolute atomic E-state index is 0.120. The zero-order chi connectivity index (χ0) is 25.7. The van der Waals surface area contributed by atoms with E-state index in [9.17, 15) is 5.26 Å². The lowest BCUT2D eigenvalue weighted by Crippen LogP contribution is -2.19. The second-order valence-corrected chi connectivity index (χ2v) is 8.62. The van der Waals surface area contributed by atoms with Crippen molar-refractivity contribution in [2.75, 3.05) is 11.9 Å². The lowest BCUT2D eigenvalue weighted by Gasteiger charge is -2.24. The number of anilines is 1. The van der Waals surface area contributed by atoms with Crippen LogP contribution in [0.1, 0.15) is 43.8 Å². The number of ether oxygens (including phenoxy) is 2. The normalized spacial score (nSPS) is 11.7. The number of nitriles is 1. The molecule has 0 saturated carbocycles. The van der Waals surface area contributed by atoms with Gasteiger partial charge < -0.3 is 19.4 Å². The number of halogens is 1. The van der Waals surface area contributed by atoms with Gasteiger partial charge in [0, 0.05) is 24.4 Å². The summed E-state index contributed by atoms with van der Waals surface area (Å²) in [4.78, 5) is 4.71. The van der Waals surface area contributed by atoms with Crippen molar-refractivity contribution >= 4 is 5.69 Å². The third-order valence-electron chi connectivity index (χ3n) is 5.70. The Morgan fingerprint density at radius 3 is 2.44 bits per heavy atom. The maximum Gasteiger partial charge on any atom is 0.171 e. The number of hydrogen-bond acceptors (Lipinski definition) is 5. The van der Waals surface area contributed by atoms with E-state index < -0.39 is 11.9 Å². The number of hydrogen-bond donors (Lipinski definition) is 1. The first-order chi connectivity index (χ1) is 17.4. The van der Waals surface area contributed by atoms with Crippen LogP contribution in [-0.2, 0) is 7.05 Å². The number of benzene rings is 3. The van der Waals surface area contributed by atoms with Crippen molar-refractivity contribution in [3.8, 4) is 28.8 Å². The van der Waals surface area contributed by atoms with Crippen molar-refractivity contribution in [2.45, 2.75) is 32.9 Å². The van der Waals surface area contributed by atoms with Crippen molar-refractivity contribution in [1.82, 2.24) is 9.55 Å². The van der Waals surface area contributed by atoms with E-state index in [0.29, 0.717) is 29.3 Å². The van der Waals surface area contributed by atoms with Crippen molar-refractivity contribution in [3.63, 3.8) is 0 Å². The summed E-state index contributed by atoms with van der Waals surface area (Å²) < 4.78 is 29.5. The predicted molar refractivity (Wildman–Crippen MR) is 139 cm³/mol. The van der Waals surface area contributed by atoms with Crippen molar-refractivity contribution < 1.29 is 13.9 Å². The summed E-state index contributed by atoms with van der Waals surface area (Å²) in [5, 5.41) is 12.6. The smallest absolute Gasteiger partial charge is 0.171 e. The fourth-order valence-electron chi connectivity index (χ4n) is 4.05. The topological polar surface area (TPSA) is 72.1 Å². The lowest BCUT2D eigenvalue weighted by atomic mass is 10.0. The van der Waals surface area contributed by atoms with Crippen LogP contribution in [0.15, 0.2) is 72.9 Å². The molecule has 0 aliphatic carbocycles. The molecule has 1 aromatic heterocycles. The van der Waals surface area contributed by atoms with Gasteiger partial charge in [-0.05, 0) is 56.7 Å². The maximum atomic E-state index is 16.0. The van der Waals surface area contributed by atoms with Crippen LogP contribution in [0.2, 0.25) is 0 Å². The summed E-state index contributed by atoms with van der Waals surface area (Å²) in [6.45, 7) is 6.01. The summed E-state index contributed by atoms with van der Waals surface area (Å²) in [6, 6.07) is 21.6. The summed E-state index contributed by atoms with van der Waals surface area (Å²) in [5.41, 5.74) is 3.50. The summed E-state index contributed by atoms with van der Waals surface area (Å²) in [5.74, 6) is 0.757. The molecule has 0 bridgehead atoms. The highest BCUT2D eigenvalue weighted by Crippen LogP contribution is 2.37. The van der Waals surface area contributed by atoms with E-state index in [1.165, 1.54) is 0 Å². The molecule has 184 valence electrons. The third kappa shape index (κ3) is 5.33. The van der Waals surface area contributed by atoms with E-state index in [-0.39, 0.29) is 11.9 Å². The Balaban J connectivity index is 1.87. The molecular weight excluding hydrogens is 455 g/mol. The molecule has 1 atom stereocenters. The number of rotatable bonds is 9. The second-order valence-electron chi connectivity index (χ2n) is 8.62. The van der Waals surface area contributed by atoms with Gasteiger partial charge in [-0.3, -0.25) is 0 Å². The highest BCUT2D eigenvalue weighted by Gasteiger charge is 2.27. The van der Waals surface area contributed by atoms with Gasteiger partial charge in [0.15, 0.2) is 11.6 Å². The minimum Gasteiger partial charge on any atom is -0.494 e. The average Bonchev–Trinajstić information content (AvgIpc) is 3.26. The number of nitrogens with one attached hydrogen (secondary N) is 1. The van der Waals surface area contributed by atoms with E-state index >= 15 is 4.39 Å². The molecule has 1 N–H and O–H groups in total. The SMILES string of the molecule is CCOc1cc(OC(C)C)c(F)c(C(Nc2ccc(C#N)cc2)c2ncc(-c3ccccc3)n2C)c1. The average molecular weight is 485 g/mol. The van der Waals surface area contributed by atoms with E-state index in [1.807, 2.05) is 62.7 Å². The molecule has 3 aromatic carbocycles. The first-order valence-corrected chi connectivity index (χ1v) is 11.9. The number of aromatic nitrogens is 2. The summed E-state index contributed by atoms with van der Waals surface area (Å²) >= 11 is 0. The molecule has 1 unspecified atom stereocenters. The summed E-state index contributed by atoms with van der Waals surface area (Å²) in [6.07, 6.45) is 1.57. The molecule has 0 spiro atoms. The molecule has 0 saturated heterocycles.